The van der Waals surface area contributed by atoms with Crippen LogP contribution in [0, 0.1) is 0 Å². The van der Waals surface area contributed by atoms with Crippen LogP contribution in [0.5, 0.6) is 0 Å². The van der Waals surface area contributed by atoms with Crippen molar-refractivity contribution in [2.45, 2.75) is 31.1 Å². The first-order chi connectivity index (χ1) is 11.8. The molecule has 3 saturated heterocycles. The van der Waals surface area contributed by atoms with Gasteiger partial charge < -0.3 is 14.2 Å². The molecule has 0 aliphatic carbocycles. The molecule has 4 heterocycles. The number of hydrogen-bond donors (Lipinski definition) is 0. The Labute approximate surface area is 147 Å². The predicted molar refractivity (Wildman–Crippen MR) is 92.3 cm³/mol. The Balaban J connectivity index is 1.34. The second-order valence-electron chi connectivity index (χ2n) is 7.06. The number of rotatable bonds is 4. The van der Waals surface area contributed by atoms with E-state index in [4.69, 9.17) is 14.2 Å². The maximum atomic E-state index is 6.56. The summed E-state index contributed by atoms with van der Waals surface area (Å²) in [6, 6.07) is 0. The van der Waals surface area contributed by atoms with Gasteiger partial charge in [0, 0.05) is 44.3 Å². The van der Waals surface area contributed by atoms with Crippen molar-refractivity contribution in [1.82, 2.24) is 14.8 Å². The molecular weight excluding hydrogens is 326 g/mol. The highest BCUT2D eigenvalue weighted by atomic mass is 32.1. The fourth-order valence-electron chi connectivity index (χ4n) is 3.96. The third-order valence-electron chi connectivity index (χ3n) is 5.18. The molecule has 3 aliphatic rings. The molecule has 1 spiro atoms. The Morgan fingerprint density at radius 3 is 2.83 bits per heavy atom. The smallest absolute Gasteiger partial charge is 0.107 e. The Morgan fingerprint density at radius 1 is 1.17 bits per heavy atom. The van der Waals surface area contributed by atoms with Gasteiger partial charge in [0.05, 0.1) is 39.1 Å². The average molecular weight is 353 g/mol. The zero-order chi connectivity index (χ0) is 16.2. The predicted octanol–water partition coefficient (Wildman–Crippen LogP) is 1.23. The lowest BCUT2D eigenvalue weighted by atomic mass is 10.00. The van der Waals surface area contributed by atoms with Crippen LogP contribution in [-0.2, 0) is 20.8 Å². The van der Waals surface area contributed by atoms with Crippen molar-refractivity contribution >= 4 is 11.3 Å². The zero-order valence-electron chi connectivity index (χ0n) is 14.2. The van der Waals surface area contributed by atoms with Crippen LogP contribution >= 0.6 is 11.3 Å². The molecule has 134 valence electrons. The number of morpholine rings is 1. The van der Waals surface area contributed by atoms with Crippen molar-refractivity contribution in [2.75, 3.05) is 59.2 Å². The topological polar surface area (TPSA) is 47.1 Å². The molecule has 0 N–H and O–H groups in total. The molecular formula is C17H27N3O3S. The van der Waals surface area contributed by atoms with Crippen LogP contribution in [0.2, 0.25) is 0 Å². The molecule has 7 heteroatoms. The second kappa shape index (κ2) is 7.76. The van der Waals surface area contributed by atoms with E-state index in [-0.39, 0.29) is 5.60 Å². The van der Waals surface area contributed by atoms with E-state index in [0.717, 1.165) is 78.5 Å². The Bertz CT molecular complexity index is 509. The van der Waals surface area contributed by atoms with Gasteiger partial charge in [-0.25, -0.2) is 4.98 Å². The fraction of sp³-hybridized carbons (Fsp3) is 0.824. The normalized spacial score (nSPS) is 33.1. The molecule has 0 unspecified atom stereocenters. The van der Waals surface area contributed by atoms with Crippen LogP contribution in [0.3, 0.4) is 0 Å². The summed E-state index contributed by atoms with van der Waals surface area (Å²) in [6.45, 7) is 9.10. The van der Waals surface area contributed by atoms with Gasteiger partial charge >= 0.3 is 0 Å². The highest BCUT2D eigenvalue weighted by Gasteiger charge is 2.43. The first-order valence-electron chi connectivity index (χ1n) is 8.98. The third kappa shape index (κ3) is 4.15. The van der Waals surface area contributed by atoms with E-state index in [1.807, 2.05) is 11.6 Å². The maximum Gasteiger partial charge on any atom is 0.107 e. The molecule has 0 radical (unpaired) electrons. The summed E-state index contributed by atoms with van der Waals surface area (Å²) in [6.07, 6.45) is 4.43. The van der Waals surface area contributed by atoms with E-state index in [0.29, 0.717) is 6.10 Å². The number of nitrogens with zero attached hydrogens (tertiary/aromatic N) is 3. The van der Waals surface area contributed by atoms with Gasteiger partial charge in [0.15, 0.2) is 0 Å². The van der Waals surface area contributed by atoms with Crippen molar-refractivity contribution in [3.63, 3.8) is 0 Å². The molecule has 3 aliphatic heterocycles. The van der Waals surface area contributed by atoms with Gasteiger partial charge in [-0.15, -0.1) is 11.3 Å². The first kappa shape index (κ1) is 16.9. The molecule has 0 saturated carbocycles. The van der Waals surface area contributed by atoms with Crippen molar-refractivity contribution < 1.29 is 14.2 Å². The molecule has 24 heavy (non-hydrogen) atoms. The second-order valence-corrected chi connectivity index (χ2v) is 8.04. The van der Waals surface area contributed by atoms with Gasteiger partial charge in [0.1, 0.15) is 10.6 Å². The van der Waals surface area contributed by atoms with Crippen molar-refractivity contribution in [3.05, 3.63) is 16.6 Å². The quantitative estimate of drug-likeness (QED) is 0.811. The number of thiazole rings is 1. The molecule has 3 fully saturated rings. The van der Waals surface area contributed by atoms with Crippen LogP contribution in [0.15, 0.2) is 11.6 Å². The largest absolute Gasteiger partial charge is 0.379 e. The Hall–Kier alpha value is -0.570. The van der Waals surface area contributed by atoms with Crippen molar-refractivity contribution in [1.29, 1.82) is 0 Å². The minimum Gasteiger partial charge on any atom is -0.379 e. The number of ether oxygens (including phenoxy) is 3. The van der Waals surface area contributed by atoms with Crippen molar-refractivity contribution in [2.24, 2.45) is 0 Å². The van der Waals surface area contributed by atoms with E-state index >= 15 is 0 Å². The highest BCUT2D eigenvalue weighted by Crippen LogP contribution is 2.34. The fourth-order valence-corrected chi connectivity index (χ4v) is 4.62. The molecule has 6 nitrogen and oxygen atoms in total. The monoisotopic (exact) mass is 353 g/mol. The van der Waals surface area contributed by atoms with Gasteiger partial charge in [0.25, 0.3) is 0 Å². The lowest BCUT2D eigenvalue weighted by Gasteiger charge is -2.33. The summed E-state index contributed by atoms with van der Waals surface area (Å²) in [5, 5.41) is 3.22. The summed E-state index contributed by atoms with van der Waals surface area (Å²) in [5.41, 5.74) is -0.134. The van der Waals surface area contributed by atoms with Crippen LogP contribution in [0.1, 0.15) is 17.8 Å². The van der Waals surface area contributed by atoms with Crippen LogP contribution in [0.25, 0.3) is 0 Å². The summed E-state index contributed by atoms with van der Waals surface area (Å²) in [5.74, 6) is 0. The SMILES string of the molecule is c1csc(CN2CCOC[C@]3(CC[C@H](CN4CCOCC4)O3)C2)n1. The summed E-state index contributed by atoms with van der Waals surface area (Å²) in [7, 11) is 0. The van der Waals surface area contributed by atoms with E-state index in [2.05, 4.69) is 14.8 Å². The minimum absolute atomic E-state index is 0.134. The number of aromatic nitrogens is 1. The first-order valence-corrected chi connectivity index (χ1v) is 9.86. The molecule has 1 aromatic rings. The molecule has 2 atom stereocenters. The lowest BCUT2D eigenvalue weighted by molar-refractivity contribution is -0.0967. The Kier molecular flexibility index (Phi) is 5.46. The molecule has 4 rings (SSSR count). The van der Waals surface area contributed by atoms with Gasteiger partial charge in [-0.2, -0.15) is 0 Å². The van der Waals surface area contributed by atoms with Crippen LogP contribution < -0.4 is 0 Å². The Morgan fingerprint density at radius 2 is 2.00 bits per heavy atom. The van der Waals surface area contributed by atoms with Gasteiger partial charge in [-0.1, -0.05) is 0 Å². The summed E-state index contributed by atoms with van der Waals surface area (Å²) >= 11 is 1.73. The van der Waals surface area contributed by atoms with Gasteiger partial charge in [-0.05, 0) is 12.8 Å². The molecule has 0 amide bonds. The average Bonchev–Trinajstić information content (AvgIpc) is 3.18. The molecule has 0 aromatic carbocycles. The molecule has 0 bridgehead atoms. The van der Waals surface area contributed by atoms with E-state index in [1.54, 1.807) is 11.3 Å². The summed E-state index contributed by atoms with van der Waals surface area (Å²) in [4.78, 5) is 9.34. The van der Waals surface area contributed by atoms with E-state index < -0.39 is 0 Å². The highest BCUT2D eigenvalue weighted by molar-refractivity contribution is 7.09. The summed E-state index contributed by atoms with van der Waals surface area (Å²) < 4.78 is 17.9. The van der Waals surface area contributed by atoms with E-state index in [9.17, 15) is 0 Å². The lowest BCUT2D eigenvalue weighted by Crippen LogP contribution is -2.46. The third-order valence-corrected chi connectivity index (χ3v) is 5.94. The minimum atomic E-state index is -0.134. The van der Waals surface area contributed by atoms with Crippen molar-refractivity contribution in [3.8, 4) is 0 Å². The number of hydrogen-bond acceptors (Lipinski definition) is 7. The van der Waals surface area contributed by atoms with E-state index in [1.165, 1.54) is 5.01 Å². The van der Waals surface area contributed by atoms with Gasteiger partial charge in [0.2, 0.25) is 0 Å². The zero-order valence-corrected chi connectivity index (χ0v) is 15.0. The standard InChI is InChI=1S/C17H27N3O3S/c1-2-17(23-15(1)11-19-4-7-21-8-5-19)13-20(6-9-22-14-17)12-16-18-3-10-24-16/h3,10,15H,1-2,4-9,11-14H2/t15-,17+/m1/s1. The van der Waals surface area contributed by atoms with Crippen LogP contribution in [-0.4, -0.2) is 85.6 Å². The maximum absolute atomic E-state index is 6.56. The van der Waals surface area contributed by atoms with Crippen LogP contribution in [0.4, 0.5) is 0 Å². The van der Waals surface area contributed by atoms with Gasteiger partial charge in [-0.3, -0.25) is 9.80 Å². The molecule has 1 aromatic heterocycles.